The van der Waals surface area contributed by atoms with Gasteiger partial charge in [0.05, 0.1) is 17.3 Å². The molecule has 0 saturated carbocycles. The van der Waals surface area contributed by atoms with Gasteiger partial charge in [-0.05, 0) is 46.9 Å². The number of hydrogen-bond donors (Lipinski definition) is 1. The third-order valence-electron chi connectivity index (χ3n) is 5.38. The van der Waals surface area contributed by atoms with Crippen LogP contribution in [0, 0.1) is 0 Å². The van der Waals surface area contributed by atoms with Gasteiger partial charge < -0.3 is 5.43 Å². The molecule has 0 aliphatic carbocycles. The Morgan fingerprint density at radius 2 is 1.63 bits per heavy atom. The van der Waals surface area contributed by atoms with Gasteiger partial charge in [0.15, 0.2) is 0 Å². The van der Waals surface area contributed by atoms with Crippen molar-refractivity contribution >= 4 is 5.69 Å². The zero-order valence-corrected chi connectivity index (χ0v) is 16.8. The number of hydrazine groups is 1. The van der Waals surface area contributed by atoms with Crippen molar-refractivity contribution in [2.24, 2.45) is 0 Å². The maximum absolute atomic E-state index is 13.2. The van der Waals surface area contributed by atoms with E-state index in [9.17, 15) is 13.2 Å². The number of benzene rings is 3. The molecule has 0 aromatic heterocycles. The number of rotatable bonds is 4. The molecule has 1 N–H and O–H groups in total. The molecule has 0 radical (unpaired) electrons. The zero-order valence-electron chi connectivity index (χ0n) is 16.8. The maximum Gasteiger partial charge on any atom is 0.416 e. The van der Waals surface area contributed by atoms with Crippen molar-refractivity contribution in [1.29, 1.82) is 0 Å². The molecule has 0 spiro atoms. The summed E-state index contributed by atoms with van der Waals surface area (Å²) in [5, 5.41) is 1.90. The molecule has 30 heavy (non-hydrogen) atoms. The molecule has 0 bridgehead atoms. The van der Waals surface area contributed by atoms with E-state index >= 15 is 0 Å². The summed E-state index contributed by atoms with van der Waals surface area (Å²) in [6.07, 6.45) is -0.732. The van der Waals surface area contributed by atoms with Crippen molar-refractivity contribution in [2.45, 2.75) is 32.0 Å². The molecule has 0 saturated heterocycles. The van der Waals surface area contributed by atoms with Crippen molar-refractivity contribution in [3.63, 3.8) is 0 Å². The Hall–Kier alpha value is -3.21. The molecule has 2 nitrogen and oxygen atoms in total. The SMILES string of the molecule is CC(C)c1ccc(-c2ccccc2N2NC=CC2c2cccc(C(F)(F)F)c2)cc1. The van der Waals surface area contributed by atoms with E-state index < -0.39 is 11.7 Å². The van der Waals surface area contributed by atoms with Crippen LogP contribution >= 0.6 is 0 Å². The average Bonchev–Trinajstić information content (AvgIpc) is 3.23. The van der Waals surface area contributed by atoms with Crippen LogP contribution in [0.3, 0.4) is 0 Å². The summed E-state index contributed by atoms with van der Waals surface area (Å²) in [7, 11) is 0. The van der Waals surface area contributed by atoms with E-state index in [-0.39, 0.29) is 6.04 Å². The lowest BCUT2D eigenvalue weighted by molar-refractivity contribution is -0.137. The Bertz CT molecular complexity index is 1050. The number of para-hydroxylation sites is 1. The molecule has 1 atom stereocenters. The molecule has 1 aliphatic rings. The van der Waals surface area contributed by atoms with E-state index in [0.717, 1.165) is 22.9 Å². The Morgan fingerprint density at radius 1 is 0.900 bits per heavy atom. The van der Waals surface area contributed by atoms with Gasteiger partial charge in [-0.2, -0.15) is 13.2 Å². The largest absolute Gasteiger partial charge is 0.416 e. The summed E-state index contributed by atoms with van der Waals surface area (Å²) in [6, 6.07) is 21.5. The number of hydrogen-bond acceptors (Lipinski definition) is 2. The van der Waals surface area contributed by atoms with Gasteiger partial charge in [-0.25, -0.2) is 0 Å². The van der Waals surface area contributed by atoms with Crippen LogP contribution in [-0.2, 0) is 6.18 Å². The van der Waals surface area contributed by atoms with Crippen LogP contribution in [0.4, 0.5) is 18.9 Å². The topological polar surface area (TPSA) is 15.3 Å². The van der Waals surface area contributed by atoms with Crippen molar-refractivity contribution in [3.05, 3.63) is 102 Å². The van der Waals surface area contributed by atoms with E-state index in [4.69, 9.17) is 0 Å². The van der Waals surface area contributed by atoms with E-state index in [0.29, 0.717) is 11.5 Å². The fraction of sp³-hybridized carbons (Fsp3) is 0.200. The van der Waals surface area contributed by atoms with Gasteiger partial charge >= 0.3 is 6.18 Å². The number of halogens is 3. The normalized spacial score (nSPS) is 16.2. The minimum absolute atomic E-state index is 0.344. The average molecular weight is 408 g/mol. The zero-order chi connectivity index (χ0) is 21.3. The van der Waals surface area contributed by atoms with Crippen LogP contribution in [0.1, 0.15) is 42.5 Å². The minimum Gasteiger partial charge on any atom is -0.305 e. The fourth-order valence-corrected chi connectivity index (χ4v) is 3.73. The smallest absolute Gasteiger partial charge is 0.305 e. The molecule has 3 aromatic carbocycles. The first-order valence-corrected chi connectivity index (χ1v) is 9.93. The summed E-state index contributed by atoms with van der Waals surface area (Å²) in [4.78, 5) is 0. The van der Waals surface area contributed by atoms with E-state index in [2.05, 4.69) is 43.5 Å². The van der Waals surface area contributed by atoms with Crippen molar-refractivity contribution in [2.75, 3.05) is 5.01 Å². The van der Waals surface area contributed by atoms with Crippen LogP contribution < -0.4 is 10.4 Å². The minimum atomic E-state index is -4.37. The highest BCUT2D eigenvalue weighted by Crippen LogP contribution is 2.38. The van der Waals surface area contributed by atoms with Gasteiger partial charge in [0.25, 0.3) is 0 Å². The summed E-state index contributed by atoms with van der Waals surface area (Å²) >= 11 is 0. The molecular weight excluding hydrogens is 385 g/mol. The number of nitrogens with one attached hydrogen (secondary N) is 1. The third kappa shape index (κ3) is 3.92. The lowest BCUT2D eigenvalue weighted by atomic mass is 9.97. The monoisotopic (exact) mass is 408 g/mol. The standard InChI is InChI=1S/C25H23F3N2/c1-17(2)18-10-12-19(13-11-18)22-8-3-4-9-24(22)30-23(14-15-29-30)20-6-5-7-21(16-20)25(26,27)28/h3-17,23,29H,1-2H3. The summed E-state index contributed by atoms with van der Waals surface area (Å²) < 4.78 is 39.6. The first-order chi connectivity index (χ1) is 14.3. The second kappa shape index (κ2) is 7.90. The van der Waals surface area contributed by atoms with Crippen LogP contribution in [0.25, 0.3) is 11.1 Å². The Morgan fingerprint density at radius 3 is 2.33 bits per heavy atom. The molecule has 0 amide bonds. The Labute approximate surface area is 174 Å². The number of alkyl halides is 3. The molecular formula is C25H23F3N2. The lowest BCUT2D eigenvalue weighted by Gasteiger charge is -2.29. The molecule has 3 aromatic rings. The molecule has 1 aliphatic heterocycles. The first kappa shape index (κ1) is 20.1. The quantitative estimate of drug-likeness (QED) is 0.496. The lowest BCUT2D eigenvalue weighted by Crippen LogP contribution is -2.33. The predicted molar refractivity (Wildman–Crippen MR) is 115 cm³/mol. The highest BCUT2D eigenvalue weighted by Gasteiger charge is 2.32. The summed E-state index contributed by atoms with van der Waals surface area (Å²) in [6.45, 7) is 4.31. The van der Waals surface area contributed by atoms with E-state index in [1.54, 1.807) is 12.3 Å². The van der Waals surface area contributed by atoms with Gasteiger partial charge in [-0.1, -0.05) is 68.4 Å². The highest BCUT2D eigenvalue weighted by molar-refractivity contribution is 5.79. The predicted octanol–water partition coefficient (Wildman–Crippen LogP) is 7.08. The molecule has 1 heterocycles. The molecule has 0 fully saturated rings. The molecule has 4 rings (SSSR count). The van der Waals surface area contributed by atoms with Gasteiger partial charge in [-0.15, -0.1) is 0 Å². The highest BCUT2D eigenvalue weighted by atomic mass is 19.4. The van der Waals surface area contributed by atoms with E-state index in [1.165, 1.54) is 17.7 Å². The summed E-state index contributed by atoms with van der Waals surface area (Å²) in [5.74, 6) is 0.448. The number of nitrogens with zero attached hydrogens (tertiary/aromatic N) is 1. The Balaban J connectivity index is 1.71. The van der Waals surface area contributed by atoms with Crippen molar-refractivity contribution < 1.29 is 13.2 Å². The van der Waals surface area contributed by atoms with Gasteiger partial charge in [0.1, 0.15) is 0 Å². The van der Waals surface area contributed by atoms with Gasteiger partial charge in [-0.3, -0.25) is 5.01 Å². The van der Waals surface area contributed by atoms with Crippen LogP contribution in [0.2, 0.25) is 0 Å². The van der Waals surface area contributed by atoms with Crippen LogP contribution in [-0.4, -0.2) is 0 Å². The first-order valence-electron chi connectivity index (χ1n) is 9.93. The third-order valence-corrected chi connectivity index (χ3v) is 5.38. The van der Waals surface area contributed by atoms with Crippen LogP contribution in [0.15, 0.2) is 85.1 Å². The molecule has 1 unspecified atom stereocenters. The van der Waals surface area contributed by atoms with Gasteiger partial charge in [0.2, 0.25) is 0 Å². The van der Waals surface area contributed by atoms with Gasteiger partial charge in [0, 0.05) is 11.8 Å². The van der Waals surface area contributed by atoms with Crippen molar-refractivity contribution in [3.8, 4) is 11.1 Å². The maximum atomic E-state index is 13.2. The van der Waals surface area contributed by atoms with E-state index in [1.807, 2.05) is 35.4 Å². The number of anilines is 1. The second-order valence-corrected chi connectivity index (χ2v) is 7.72. The Kier molecular flexibility index (Phi) is 5.29. The van der Waals surface area contributed by atoms with Crippen LogP contribution in [0.5, 0.6) is 0 Å². The second-order valence-electron chi connectivity index (χ2n) is 7.72. The molecule has 5 heteroatoms. The molecule has 154 valence electrons. The van der Waals surface area contributed by atoms with Crippen molar-refractivity contribution in [1.82, 2.24) is 5.43 Å². The summed E-state index contributed by atoms with van der Waals surface area (Å²) in [5.41, 5.74) is 7.37. The fourth-order valence-electron chi connectivity index (χ4n) is 3.73.